The highest BCUT2D eigenvalue weighted by Gasteiger charge is 2.34. The van der Waals surface area contributed by atoms with Crippen molar-refractivity contribution < 1.29 is 14.1 Å². The number of para-hydroxylation sites is 2. The molecule has 2 aliphatic heterocycles. The van der Waals surface area contributed by atoms with Gasteiger partial charge in [0.2, 0.25) is 11.8 Å². The van der Waals surface area contributed by atoms with E-state index >= 15 is 0 Å². The normalized spacial score (nSPS) is 20.3. The van der Waals surface area contributed by atoms with Gasteiger partial charge in [0, 0.05) is 5.92 Å². The Hall–Kier alpha value is -2.41. The van der Waals surface area contributed by atoms with E-state index in [-0.39, 0.29) is 17.9 Å². The summed E-state index contributed by atoms with van der Waals surface area (Å²) < 4.78 is 11.1. The molecule has 1 fully saturated rings. The Morgan fingerprint density at radius 2 is 2.15 bits per heavy atom. The van der Waals surface area contributed by atoms with Gasteiger partial charge in [-0.1, -0.05) is 31.1 Å². The molecule has 0 bridgehead atoms. The van der Waals surface area contributed by atoms with Gasteiger partial charge in [-0.15, -0.1) is 0 Å². The van der Waals surface area contributed by atoms with Crippen LogP contribution < -0.4 is 9.64 Å². The van der Waals surface area contributed by atoms with Gasteiger partial charge in [-0.25, -0.2) is 0 Å². The first kappa shape index (κ1) is 17.0. The van der Waals surface area contributed by atoms with E-state index in [2.05, 4.69) is 15.0 Å². The standard InChI is InChI=1S/C19H24N4O3/c1-13(2)18-20-19(26-21-18)15-7-5-9-22(15)12-17(24)23-10-11-25-16-8-4-3-6-14(16)23/h3-4,6,8,13,15H,5,7,9-12H2,1-2H3/t15-/m1/s1. The number of anilines is 1. The predicted octanol–water partition coefficient (Wildman–Crippen LogP) is 2.76. The lowest BCUT2D eigenvalue weighted by Crippen LogP contribution is -2.44. The maximum absolute atomic E-state index is 13.0. The molecule has 0 unspecified atom stereocenters. The van der Waals surface area contributed by atoms with Crippen molar-refractivity contribution in [3.8, 4) is 5.75 Å². The Bertz CT molecular complexity index is 789. The molecule has 0 spiro atoms. The van der Waals surface area contributed by atoms with Gasteiger partial charge in [0.05, 0.1) is 24.8 Å². The molecule has 138 valence electrons. The van der Waals surface area contributed by atoms with Crippen LogP contribution in [0.3, 0.4) is 0 Å². The van der Waals surface area contributed by atoms with Crippen LogP contribution in [-0.2, 0) is 4.79 Å². The van der Waals surface area contributed by atoms with Crippen molar-refractivity contribution in [1.29, 1.82) is 0 Å². The SMILES string of the molecule is CC(C)c1noc([C@H]2CCCN2CC(=O)N2CCOc3ccccc32)n1. The summed E-state index contributed by atoms with van der Waals surface area (Å²) in [6.45, 7) is 6.39. The minimum absolute atomic E-state index is 0.0234. The van der Waals surface area contributed by atoms with E-state index in [1.165, 1.54) is 0 Å². The van der Waals surface area contributed by atoms with Crippen LogP contribution in [-0.4, -0.2) is 47.2 Å². The van der Waals surface area contributed by atoms with Gasteiger partial charge in [-0.2, -0.15) is 4.98 Å². The van der Waals surface area contributed by atoms with Gasteiger partial charge in [-0.3, -0.25) is 9.69 Å². The second kappa shape index (κ2) is 7.07. The number of fused-ring (bicyclic) bond motifs is 1. The first-order chi connectivity index (χ1) is 12.6. The highest BCUT2D eigenvalue weighted by molar-refractivity contribution is 5.96. The second-order valence-corrected chi connectivity index (χ2v) is 7.14. The molecule has 1 amide bonds. The third-order valence-electron chi connectivity index (χ3n) is 4.99. The molecule has 0 N–H and O–H groups in total. The fraction of sp³-hybridized carbons (Fsp3) is 0.526. The highest BCUT2D eigenvalue weighted by Crippen LogP contribution is 2.34. The predicted molar refractivity (Wildman–Crippen MR) is 96.2 cm³/mol. The van der Waals surface area contributed by atoms with E-state index in [0.29, 0.717) is 25.6 Å². The van der Waals surface area contributed by atoms with Crippen molar-refractivity contribution >= 4 is 11.6 Å². The Kier molecular flexibility index (Phi) is 4.63. The maximum atomic E-state index is 13.0. The number of hydrogen-bond donors (Lipinski definition) is 0. The average Bonchev–Trinajstić information content (AvgIpc) is 3.30. The first-order valence-corrected chi connectivity index (χ1v) is 9.23. The van der Waals surface area contributed by atoms with E-state index < -0.39 is 0 Å². The van der Waals surface area contributed by atoms with Gasteiger partial charge in [-0.05, 0) is 31.5 Å². The fourth-order valence-electron chi connectivity index (χ4n) is 3.60. The maximum Gasteiger partial charge on any atom is 0.244 e. The number of amides is 1. The monoisotopic (exact) mass is 356 g/mol. The summed E-state index contributed by atoms with van der Waals surface area (Å²) in [6, 6.07) is 7.71. The third kappa shape index (κ3) is 3.19. The number of ether oxygens (including phenoxy) is 1. The van der Waals surface area contributed by atoms with Gasteiger partial charge in [0.25, 0.3) is 0 Å². The summed E-state index contributed by atoms with van der Waals surface area (Å²) in [5.41, 5.74) is 0.847. The summed E-state index contributed by atoms with van der Waals surface area (Å²) in [7, 11) is 0. The molecule has 3 heterocycles. The summed E-state index contributed by atoms with van der Waals surface area (Å²) in [5.74, 6) is 2.43. The average molecular weight is 356 g/mol. The van der Waals surface area contributed by atoms with Crippen molar-refractivity contribution in [3.05, 3.63) is 36.0 Å². The van der Waals surface area contributed by atoms with Crippen LogP contribution in [0.2, 0.25) is 0 Å². The Morgan fingerprint density at radius 3 is 2.96 bits per heavy atom. The molecular formula is C19H24N4O3. The fourth-order valence-corrected chi connectivity index (χ4v) is 3.60. The topological polar surface area (TPSA) is 71.7 Å². The zero-order valence-corrected chi connectivity index (χ0v) is 15.2. The minimum Gasteiger partial charge on any atom is -0.490 e. The number of benzene rings is 1. The zero-order chi connectivity index (χ0) is 18.1. The molecule has 0 radical (unpaired) electrons. The lowest BCUT2D eigenvalue weighted by molar-refractivity contribution is -0.120. The van der Waals surface area contributed by atoms with Crippen LogP contribution in [0.5, 0.6) is 5.75 Å². The molecule has 2 aliphatic rings. The smallest absolute Gasteiger partial charge is 0.244 e. The molecule has 2 aromatic rings. The molecule has 4 rings (SSSR count). The molecule has 1 saturated heterocycles. The van der Waals surface area contributed by atoms with Crippen molar-refractivity contribution in [2.24, 2.45) is 0 Å². The van der Waals surface area contributed by atoms with Crippen LogP contribution in [0, 0.1) is 0 Å². The molecular weight excluding hydrogens is 332 g/mol. The van der Waals surface area contributed by atoms with Crippen molar-refractivity contribution in [3.63, 3.8) is 0 Å². The summed E-state index contributed by atoms with van der Waals surface area (Å²) in [4.78, 5) is 21.5. The van der Waals surface area contributed by atoms with E-state index in [1.54, 1.807) is 0 Å². The van der Waals surface area contributed by atoms with Crippen molar-refractivity contribution in [1.82, 2.24) is 15.0 Å². The van der Waals surface area contributed by atoms with Gasteiger partial charge in [0.1, 0.15) is 12.4 Å². The van der Waals surface area contributed by atoms with Crippen LogP contribution in [0.15, 0.2) is 28.8 Å². The number of aromatic nitrogens is 2. The first-order valence-electron chi connectivity index (χ1n) is 9.23. The molecule has 1 aromatic carbocycles. The highest BCUT2D eigenvalue weighted by atomic mass is 16.5. The van der Waals surface area contributed by atoms with Crippen molar-refractivity contribution in [2.45, 2.75) is 38.6 Å². The molecule has 7 nitrogen and oxygen atoms in total. The van der Waals surface area contributed by atoms with E-state index in [4.69, 9.17) is 9.26 Å². The number of nitrogens with zero attached hydrogens (tertiary/aromatic N) is 4. The number of likely N-dealkylation sites (tertiary alicyclic amines) is 1. The minimum atomic E-state index is 0.0234. The van der Waals surface area contributed by atoms with Gasteiger partial charge < -0.3 is 14.2 Å². The Morgan fingerprint density at radius 1 is 1.31 bits per heavy atom. The largest absolute Gasteiger partial charge is 0.490 e. The molecule has 7 heteroatoms. The number of rotatable bonds is 4. The van der Waals surface area contributed by atoms with Crippen LogP contribution in [0.1, 0.15) is 50.4 Å². The molecule has 0 aliphatic carbocycles. The number of hydrogen-bond acceptors (Lipinski definition) is 6. The van der Waals surface area contributed by atoms with E-state index in [0.717, 1.165) is 36.6 Å². The summed E-state index contributed by atoms with van der Waals surface area (Å²) >= 11 is 0. The number of carbonyl (C=O) groups excluding carboxylic acids is 1. The lowest BCUT2D eigenvalue weighted by atomic mass is 10.2. The van der Waals surface area contributed by atoms with E-state index in [1.807, 2.05) is 43.0 Å². The summed E-state index contributed by atoms with van der Waals surface area (Å²) in [6.07, 6.45) is 1.96. The van der Waals surface area contributed by atoms with Crippen molar-refractivity contribution in [2.75, 3.05) is 31.1 Å². The third-order valence-corrected chi connectivity index (χ3v) is 4.99. The van der Waals surface area contributed by atoms with E-state index in [9.17, 15) is 4.79 Å². The lowest BCUT2D eigenvalue weighted by Gasteiger charge is -2.31. The summed E-state index contributed by atoms with van der Waals surface area (Å²) in [5, 5.41) is 4.07. The Balaban J connectivity index is 1.48. The molecule has 1 atom stereocenters. The Labute approximate surface area is 152 Å². The van der Waals surface area contributed by atoms with Crippen LogP contribution >= 0.6 is 0 Å². The van der Waals surface area contributed by atoms with Crippen LogP contribution in [0.4, 0.5) is 5.69 Å². The molecule has 26 heavy (non-hydrogen) atoms. The molecule has 1 aromatic heterocycles. The second-order valence-electron chi connectivity index (χ2n) is 7.14. The zero-order valence-electron chi connectivity index (χ0n) is 15.2. The number of carbonyl (C=O) groups is 1. The quantitative estimate of drug-likeness (QED) is 0.839. The molecule has 0 saturated carbocycles. The van der Waals surface area contributed by atoms with Gasteiger partial charge >= 0.3 is 0 Å². The van der Waals surface area contributed by atoms with Gasteiger partial charge in [0.15, 0.2) is 5.82 Å². The van der Waals surface area contributed by atoms with Crippen LogP contribution in [0.25, 0.3) is 0 Å².